The highest BCUT2D eigenvalue weighted by atomic mass is 16.5. The molecular weight excluding hydrogens is 288 g/mol. The van der Waals surface area contributed by atoms with Gasteiger partial charge >= 0.3 is 0 Å². The first-order chi connectivity index (χ1) is 10.5. The predicted octanol–water partition coefficient (Wildman–Crippen LogP) is 1.78. The molecule has 0 spiro atoms. The summed E-state index contributed by atoms with van der Waals surface area (Å²) in [7, 11) is 1.31. The second-order valence-electron chi connectivity index (χ2n) is 4.91. The number of benzene rings is 2. The van der Waals surface area contributed by atoms with Crippen LogP contribution < -0.4 is 9.47 Å². The smallest absolute Gasteiger partial charge is 0.204 e. The molecule has 22 heavy (non-hydrogen) atoms. The fourth-order valence-electron chi connectivity index (χ4n) is 2.53. The molecule has 1 aliphatic rings. The zero-order valence-corrected chi connectivity index (χ0v) is 11.7. The first-order valence-electron chi connectivity index (χ1n) is 6.61. The third-order valence-electron chi connectivity index (χ3n) is 3.57. The van der Waals surface area contributed by atoms with Crippen molar-refractivity contribution in [1.82, 2.24) is 0 Å². The number of methoxy groups -OCH3 is 1. The minimum atomic E-state index is -1.46. The summed E-state index contributed by atoms with van der Waals surface area (Å²) < 4.78 is 10.7. The number of aliphatic hydroxyl groups excluding tert-OH is 1. The number of hydrogen-bond acceptors (Lipinski definition) is 6. The van der Waals surface area contributed by atoms with Gasteiger partial charge in [0, 0.05) is 6.07 Å². The first-order valence-corrected chi connectivity index (χ1v) is 6.61. The summed E-state index contributed by atoms with van der Waals surface area (Å²) in [6, 6.07) is 9.70. The number of ketones is 1. The lowest BCUT2D eigenvalue weighted by Crippen LogP contribution is -2.36. The van der Waals surface area contributed by atoms with Crippen molar-refractivity contribution in [2.24, 2.45) is 0 Å². The van der Waals surface area contributed by atoms with Crippen molar-refractivity contribution < 1.29 is 29.6 Å². The molecule has 6 nitrogen and oxygen atoms in total. The number of carbonyl (C=O) groups excluding carboxylic acids is 1. The summed E-state index contributed by atoms with van der Waals surface area (Å²) in [6.07, 6.45) is -2.41. The Balaban J connectivity index is 2.17. The molecule has 0 radical (unpaired) electrons. The van der Waals surface area contributed by atoms with Gasteiger partial charge in [0.2, 0.25) is 11.5 Å². The summed E-state index contributed by atoms with van der Waals surface area (Å²) in [5, 5.41) is 29.9. The van der Waals surface area contributed by atoms with Crippen molar-refractivity contribution in [3.8, 4) is 23.0 Å². The van der Waals surface area contributed by atoms with E-state index in [9.17, 15) is 20.1 Å². The van der Waals surface area contributed by atoms with Crippen molar-refractivity contribution in [3.05, 3.63) is 47.5 Å². The van der Waals surface area contributed by atoms with Crippen LogP contribution in [0.15, 0.2) is 36.4 Å². The second-order valence-corrected chi connectivity index (χ2v) is 4.91. The van der Waals surface area contributed by atoms with E-state index in [1.807, 2.05) is 0 Å². The number of fused-ring (bicyclic) bond motifs is 1. The average molecular weight is 302 g/mol. The Morgan fingerprint density at radius 2 is 1.82 bits per heavy atom. The third kappa shape index (κ3) is 2.05. The number of rotatable bonds is 2. The lowest BCUT2D eigenvalue weighted by Gasteiger charge is -2.31. The van der Waals surface area contributed by atoms with E-state index in [2.05, 4.69) is 0 Å². The maximum absolute atomic E-state index is 12.4. The van der Waals surface area contributed by atoms with Gasteiger partial charge in [-0.05, 0) is 5.56 Å². The van der Waals surface area contributed by atoms with Gasteiger partial charge in [0.25, 0.3) is 0 Å². The van der Waals surface area contributed by atoms with Gasteiger partial charge in [0.15, 0.2) is 23.7 Å². The molecule has 0 aliphatic carbocycles. The van der Waals surface area contributed by atoms with E-state index in [-0.39, 0.29) is 22.8 Å². The van der Waals surface area contributed by atoms with E-state index in [1.54, 1.807) is 30.3 Å². The van der Waals surface area contributed by atoms with Gasteiger partial charge in [-0.15, -0.1) is 0 Å². The highest BCUT2D eigenvalue weighted by Crippen LogP contribution is 2.49. The van der Waals surface area contributed by atoms with E-state index in [0.29, 0.717) is 5.56 Å². The highest BCUT2D eigenvalue weighted by Gasteiger charge is 2.41. The van der Waals surface area contributed by atoms with E-state index < -0.39 is 23.7 Å². The molecular formula is C16H14O6. The van der Waals surface area contributed by atoms with E-state index in [4.69, 9.17) is 9.47 Å². The molecule has 3 rings (SSSR count). The zero-order chi connectivity index (χ0) is 15.9. The second kappa shape index (κ2) is 5.23. The van der Waals surface area contributed by atoms with Crippen molar-refractivity contribution >= 4 is 5.78 Å². The molecule has 2 aromatic carbocycles. The molecule has 0 fully saturated rings. The number of aromatic hydroxyl groups is 2. The fourth-order valence-corrected chi connectivity index (χ4v) is 2.53. The molecule has 6 heteroatoms. The van der Waals surface area contributed by atoms with Gasteiger partial charge in [0.05, 0.1) is 7.11 Å². The predicted molar refractivity (Wildman–Crippen MR) is 76.5 cm³/mol. The molecule has 0 aromatic heterocycles. The van der Waals surface area contributed by atoms with Crippen molar-refractivity contribution in [2.45, 2.75) is 12.2 Å². The molecule has 2 aromatic rings. The van der Waals surface area contributed by atoms with Gasteiger partial charge in [-0.3, -0.25) is 4.79 Å². The van der Waals surface area contributed by atoms with Gasteiger partial charge in [-0.25, -0.2) is 0 Å². The number of hydrogen-bond donors (Lipinski definition) is 3. The first kappa shape index (κ1) is 14.2. The number of ether oxygens (including phenoxy) is 2. The Morgan fingerprint density at radius 1 is 1.14 bits per heavy atom. The van der Waals surface area contributed by atoms with Crippen molar-refractivity contribution in [3.63, 3.8) is 0 Å². The maximum atomic E-state index is 12.4. The van der Waals surface area contributed by atoms with Crippen LogP contribution >= 0.6 is 0 Å². The average Bonchev–Trinajstić information content (AvgIpc) is 2.51. The van der Waals surface area contributed by atoms with Crippen LogP contribution in [0, 0.1) is 0 Å². The molecule has 0 saturated carbocycles. The molecule has 2 unspecified atom stereocenters. The Hall–Kier alpha value is -2.73. The fraction of sp³-hybridized carbons (Fsp3) is 0.188. The molecule has 2 atom stereocenters. The molecule has 1 heterocycles. The Kier molecular flexibility index (Phi) is 3.38. The van der Waals surface area contributed by atoms with Gasteiger partial charge < -0.3 is 24.8 Å². The Morgan fingerprint density at radius 3 is 2.45 bits per heavy atom. The number of aliphatic hydroxyl groups is 1. The molecule has 114 valence electrons. The van der Waals surface area contributed by atoms with Crippen LogP contribution in [0.25, 0.3) is 0 Å². The van der Waals surface area contributed by atoms with Crippen LogP contribution in [0.3, 0.4) is 0 Å². The summed E-state index contributed by atoms with van der Waals surface area (Å²) in [5.74, 6) is -1.65. The van der Waals surface area contributed by atoms with Gasteiger partial charge in [-0.2, -0.15) is 0 Å². The summed E-state index contributed by atoms with van der Waals surface area (Å²) >= 11 is 0. The number of phenolic OH excluding ortho intramolecular Hbond substituents is 2. The summed E-state index contributed by atoms with van der Waals surface area (Å²) in [5.41, 5.74) is 0.396. The minimum absolute atomic E-state index is 0.0611. The summed E-state index contributed by atoms with van der Waals surface area (Å²) in [6.45, 7) is 0. The largest absolute Gasteiger partial charge is 0.507 e. The lowest BCUT2D eigenvalue weighted by atomic mass is 9.92. The van der Waals surface area contributed by atoms with Gasteiger partial charge in [0.1, 0.15) is 11.3 Å². The van der Waals surface area contributed by atoms with Crippen LogP contribution in [0.2, 0.25) is 0 Å². The topological polar surface area (TPSA) is 96.2 Å². The van der Waals surface area contributed by atoms with Crippen LogP contribution in [-0.2, 0) is 0 Å². The standard InChI is InChI=1S/C16H14O6/c1-21-15-10(18)7-9(17)11-12(19)13(20)14(22-16(11)15)8-5-3-2-4-6-8/h2-7,13-14,17-18,20H,1H3. The van der Waals surface area contributed by atoms with Gasteiger partial charge in [-0.1, -0.05) is 30.3 Å². The molecule has 3 N–H and O–H groups in total. The highest BCUT2D eigenvalue weighted by molar-refractivity contribution is 6.06. The van der Waals surface area contributed by atoms with E-state index in [0.717, 1.165) is 6.07 Å². The minimum Gasteiger partial charge on any atom is -0.507 e. The van der Waals surface area contributed by atoms with Crippen LogP contribution in [0.5, 0.6) is 23.0 Å². The molecule has 0 amide bonds. The monoisotopic (exact) mass is 302 g/mol. The van der Waals surface area contributed by atoms with E-state index >= 15 is 0 Å². The van der Waals surface area contributed by atoms with Crippen molar-refractivity contribution in [2.75, 3.05) is 7.11 Å². The van der Waals surface area contributed by atoms with Crippen LogP contribution in [0.1, 0.15) is 22.0 Å². The third-order valence-corrected chi connectivity index (χ3v) is 3.57. The zero-order valence-electron chi connectivity index (χ0n) is 11.7. The molecule has 1 aliphatic heterocycles. The molecule has 0 saturated heterocycles. The van der Waals surface area contributed by atoms with E-state index in [1.165, 1.54) is 7.11 Å². The Bertz CT molecular complexity index is 725. The van der Waals surface area contributed by atoms with Crippen molar-refractivity contribution in [1.29, 1.82) is 0 Å². The lowest BCUT2D eigenvalue weighted by molar-refractivity contribution is 0.0198. The van der Waals surface area contributed by atoms with Crippen LogP contribution in [-0.4, -0.2) is 34.3 Å². The normalized spacial score (nSPS) is 20.2. The number of Topliss-reactive ketones (excluding diaryl/α,β-unsaturated/α-hetero) is 1. The number of carbonyl (C=O) groups is 1. The maximum Gasteiger partial charge on any atom is 0.204 e. The quantitative estimate of drug-likeness (QED) is 0.782. The number of phenols is 2. The Labute approximate surface area is 126 Å². The SMILES string of the molecule is COc1c(O)cc(O)c2c1OC(c1ccccc1)C(O)C2=O. The molecule has 0 bridgehead atoms. The summed E-state index contributed by atoms with van der Waals surface area (Å²) in [4.78, 5) is 12.4. The van der Waals surface area contributed by atoms with Crippen LogP contribution in [0.4, 0.5) is 0 Å².